The largest absolute Gasteiger partial charge is 0.375 e. The molecule has 2 nitrogen and oxygen atoms in total. The van der Waals surface area contributed by atoms with E-state index in [1.54, 1.807) is 0 Å². The molecule has 0 radical (unpaired) electrons. The van der Waals surface area contributed by atoms with E-state index in [1.165, 1.54) is 31.2 Å². The summed E-state index contributed by atoms with van der Waals surface area (Å²) in [5.41, 5.74) is 1.23. The van der Waals surface area contributed by atoms with Crippen LogP contribution < -0.4 is 0 Å². The lowest BCUT2D eigenvalue weighted by molar-refractivity contribution is -0.0571. The van der Waals surface area contributed by atoms with Gasteiger partial charge in [0.1, 0.15) is 0 Å². The molecule has 2 saturated carbocycles. The summed E-state index contributed by atoms with van der Waals surface area (Å²) >= 11 is 0. The first kappa shape index (κ1) is 13.1. The predicted molar refractivity (Wildman–Crippen MR) is 75.9 cm³/mol. The molecule has 2 aliphatic carbocycles. The molecule has 4 atom stereocenters. The van der Waals surface area contributed by atoms with Crippen LogP contribution >= 0.6 is 0 Å². The van der Waals surface area contributed by atoms with Gasteiger partial charge in [0.25, 0.3) is 0 Å². The average Bonchev–Trinajstić information content (AvgIpc) is 3.06. The van der Waals surface area contributed by atoms with E-state index < -0.39 is 0 Å². The van der Waals surface area contributed by atoms with Crippen molar-refractivity contribution in [2.24, 2.45) is 11.8 Å². The van der Waals surface area contributed by atoms with Crippen molar-refractivity contribution in [2.45, 2.75) is 51.4 Å². The van der Waals surface area contributed by atoms with Gasteiger partial charge in [0.05, 0.1) is 25.4 Å². The van der Waals surface area contributed by atoms with Gasteiger partial charge in [-0.05, 0) is 50.0 Å². The fourth-order valence-corrected chi connectivity index (χ4v) is 3.51. The summed E-state index contributed by atoms with van der Waals surface area (Å²) in [7, 11) is 0. The van der Waals surface area contributed by atoms with Gasteiger partial charge in [0, 0.05) is 0 Å². The molecule has 0 spiro atoms. The van der Waals surface area contributed by atoms with Crippen molar-refractivity contribution in [3.8, 4) is 0 Å². The van der Waals surface area contributed by atoms with Crippen LogP contribution in [0.3, 0.4) is 0 Å². The van der Waals surface area contributed by atoms with E-state index in [2.05, 4.69) is 31.2 Å². The molecule has 1 aromatic carbocycles. The van der Waals surface area contributed by atoms with Crippen LogP contribution in [0, 0.1) is 11.8 Å². The zero-order chi connectivity index (χ0) is 13.1. The monoisotopic (exact) mass is 260 g/mol. The molecule has 2 fully saturated rings. The van der Waals surface area contributed by atoms with Gasteiger partial charge in [-0.25, -0.2) is 0 Å². The molecule has 2 heteroatoms. The van der Waals surface area contributed by atoms with Gasteiger partial charge in [0.2, 0.25) is 0 Å². The summed E-state index contributed by atoms with van der Waals surface area (Å²) in [5.74, 6) is 1.79. The third-order valence-electron chi connectivity index (χ3n) is 4.60. The van der Waals surface area contributed by atoms with Gasteiger partial charge in [-0.15, -0.1) is 0 Å². The van der Waals surface area contributed by atoms with Crippen molar-refractivity contribution >= 4 is 0 Å². The molecule has 0 aromatic heterocycles. The Kier molecular flexibility index (Phi) is 4.19. The van der Waals surface area contributed by atoms with E-state index in [-0.39, 0.29) is 6.10 Å². The maximum atomic E-state index is 6.06. The number of benzene rings is 1. The Labute approximate surface area is 116 Å². The van der Waals surface area contributed by atoms with Crippen molar-refractivity contribution in [1.82, 2.24) is 0 Å². The number of ether oxygens (including phenoxy) is 2. The average molecular weight is 260 g/mol. The SMILES string of the molecule is CC(COC1CC2CCC1C2)OCc1ccccc1. The van der Waals surface area contributed by atoms with Gasteiger partial charge in [-0.1, -0.05) is 30.3 Å². The lowest BCUT2D eigenvalue weighted by Crippen LogP contribution is -2.25. The molecule has 0 saturated heterocycles. The summed E-state index contributed by atoms with van der Waals surface area (Å²) in [6.45, 7) is 3.53. The minimum Gasteiger partial charge on any atom is -0.375 e. The fourth-order valence-electron chi connectivity index (χ4n) is 3.51. The van der Waals surface area contributed by atoms with E-state index >= 15 is 0 Å². The van der Waals surface area contributed by atoms with Crippen molar-refractivity contribution in [3.63, 3.8) is 0 Å². The highest BCUT2D eigenvalue weighted by atomic mass is 16.5. The van der Waals surface area contributed by atoms with Crippen LogP contribution in [-0.4, -0.2) is 18.8 Å². The van der Waals surface area contributed by atoms with Crippen LogP contribution in [0.15, 0.2) is 30.3 Å². The van der Waals surface area contributed by atoms with Crippen LogP contribution in [0.4, 0.5) is 0 Å². The maximum absolute atomic E-state index is 6.06. The van der Waals surface area contributed by atoms with Crippen LogP contribution in [0.5, 0.6) is 0 Å². The minimum absolute atomic E-state index is 0.180. The highest BCUT2D eigenvalue weighted by Gasteiger charge is 2.40. The normalized spacial score (nSPS) is 30.7. The lowest BCUT2D eigenvalue weighted by atomic mass is 9.98. The second-order valence-corrected chi connectivity index (χ2v) is 6.15. The molecule has 2 aliphatic rings. The molecule has 0 N–H and O–H groups in total. The van der Waals surface area contributed by atoms with Crippen molar-refractivity contribution in [2.75, 3.05) is 6.61 Å². The van der Waals surface area contributed by atoms with E-state index in [1.807, 2.05) is 6.07 Å². The third-order valence-corrected chi connectivity index (χ3v) is 4.60. The van der Waals surface area contributed by atoms with E-state index in [4.69, 9.17) is 9.47 Å². The molecule has 4 unspecified atom stereocenters. The van der Waals surface area contributed by atoms with Gasteiger partial charge in [-0.2, -0.15) is 0 Å². The lowest BCUT2D eigenvalue weighted by Gasteiger charge is -2.24. The Morgan fingerprint density at radius 2 is 2.00 bits per heavy atom. The van der Waals surface area contributed by atoms with E-state index in [0.717, 1.165) is 18.4 Å². The molecule has 2 bridgehead atoms. The molecular weight excluding hydrogens is 236 g/mol. The predicted octanol–water partition coefficient (Wildman–Crippen LogP) is 3.80. The number of hydrogen-bond acceptors (Lipinski definition) is 2. The smallest absolute Gasteiger partial charge is 0.0785 e. The van der Waals surface area contributed by atoms with Gasteiger partial charge < -0.3 is 9.47 Å². The summed E-state index contributed by atoms with van der Waals surface area (Å²) < 4.78 is 11.9. The van der Waals surface area contributed by atoms with Crippen LogP contribution in [-0.2, 0) is 16.1 Å². The van der Waals surface area contributed by atoms with Crippen LogP contribution in [0.2, 0.25) is 0 Å². The summed E-state index contributed by atoms with van der Waals surface area (Å²) in [4.78, 5) is 0. The Bertz CT molecular complexity index is 390. The number of fused-ring (bicyclic) bond motifs is 2. The van der Waals surface area contributed by atoms with E-state index in [0.29, 0.717) is 12.7 Å². The summed E-state index contributed by atoms with van der Waals surface area (Å²) in [5, 5.41) is 0. The number of hydrogen-bond donors (Lipinski definition) is 0. The van der Waals surface area contributed by atoms with Crippen molar-refractivity contribution in [1.29, 1.82) is 0 Å². The van der Waals surface area contributed by atoms with Gasteiger partial charge >= 0.3 is 0 Å². The zero-order valence-corrected chi connectivity index (χ0v) is 11.8. The Morgan fingerprint density at radius 3 is 2.68 bits per heavy atom. The molecule has 3 rings (SSSR count). The topological polar surface area (TPSA) is 18.5 Å². The first-order valence-corrected chi connectivity index (χ1v) is 7.58. The first-order chi connectivity index (χ1) is 9.31. The zero-order valence-electron chi connectivity index (χ0n) is 11.8. The number of rotatable bonds is 6. The maximum Gasteiger partial charge on any atom is 0.0785 e. The van der Waals surface area contributed by atoms with Crippen LogP contribution in [0.25, 0.3) is 0 Å². The second kappa shape index (κ2) is 6.06. The Hall–Kier alpha value is -0.860. The fraction of sp³-hybridized carbons (Fsp3) is 0.647. The highest BCUT2D eigenvalue weighted by Crippen LogP contribution is 2.45. The highest BCUT2D eigenvalue weighted by molar-refractivity contribution is 5.13. The molecule has 0 amide bonds. The standard InChI is InChI=1S/C17H24O2/c1-13(18-12-14-5-3-2-4-6-14)11-19-17-10-15-7-8-16(17)9-15/h2-6,13,15-17H,7-12H2,1H3. The minimum atomic E-state index is 0.180. The van der Waals surface area contributed by atoms with E-state index in [9.17, 15) is 0 Å². The third kappa shape index (κ3) is 3.37. The molecule has 19 heavy (non-hydrogen) atoms. The first-order valence-electron chi connectivity index (χ1n) is 7.58. The molecule has 104 valence electrons. The molecule has 1 aromatic rings. The molecule has 0 aliphatic heterocycles. The van der Waals surface area contributed by atoms with Crippen molar-refractivity contribution in [3.05, 3.63) is 35.9 Å². The Morgan fingerprint density at radius 1 is 1.16 bits per heavy atom. The van der Waals surface area contributed by atoms with Gasteiger partial charge in [-0.3, -0.25) is 0 Å². The Balaban J connectivity index is 1.36. The van der Waals surface area contributed by atoms with Crippen molar-refractivity contribution < 1.29 is 9.47 Å². The quantitative estimate of drug-likeness (QED) is 0.774. The van der Waals surface area contributed by atoms with Gasteiger partial charge in [0.15, 0.2) is 0 Å². The second-order valence-electron chi connectivity index (χ2n) is 6.15. The summed E-state index contributed by atoms with van der Waals surface area (Å²) in [6, 6.07) is 10.3. The van der Waals surface area contributed by atoms with Crippen LogP contribution in [0.1, 0.15) is 38.2 Å². The molecule has 0 heterocycles. The molecular formula is C17H24O2. The summed E-state index contributed by atoms with van der Waals surface area (Å²) in [6.07, 6.45) is 6.21.